The first kappa shape index (κ1) is 24.7. The van der Waals surface area contributed by atoms with Crippen LogP contribution >= 0.6 is 0 Å². The Labute approximate surface area is 185 Å². The van der Waals surface area contributed by atoms with Gasteiger partial charge < -0.3 is 19.3 Å². The van der Waals surface area contributed by atoms with E-state index < -0.39 is 0 Å². The minimum atomic E-state index is -0.177. The molecule has 1 saturated heterocycles. The Morgan fingerprint density at radius 2 is 1.84 bits per heavy atom. The number of likely N-dealkylation sites (tertiary alicyclic amines) is 1. The first-order valence-electron chi connectivity index (χ1n) is 11.2. The van der Waals surface area contributed by atoms with Crippen LogP contribution in [0.25, 0.3) is 0 Å². The number of esters is 1. The van der Waals surface area contributed by atoms with Crippen molar-refractivity contribution >= 4 is 17.8 Å². The number of rotatable bonds is 10. The monoisotopic (exact) mass is 432 g/mol. The Morgan fingerprint density at radius 1 is 1.13 bits per heavy atom. The first-order valence-corrected chi connectivity index (χ1v) is 11.2. The summed E-state index contributed by atoms with van der Waals surface area (Å²) in [5, 5.41) is 0. The molecule has 172 valence electrons. The molecule has 0 aromatic heterocycles. The Kier molecular flexibility index (Phi) is 9.82. The highest BCUT2D eigenvalue weighted by Gasteiger charge is 2.28. The average Bonchev–Trinajstić information content (AvgIpc) is 2.75. The number of unbranched alkanes of at least 4 members (excludes halogenated alkanes) is 1. The number of amides is 2. The molecule has 7 heteroatoms. The summed E-state index contributed by atoms with van der Waals surface area (Å²) in [6, 6.07) is 6.12. The van der Waals surface area contributed by atoms with E-state index >= 15 is 0 Å². The van der Waals surface area contributed by atoms with Crippen LogP contribution in [0.1, 0.15) is 50.2 Å². The van der Waals surface area contributed by atoms with Crippen LogP contribution in [0.4, 0.5) is 0 Å². The summed E-state index contributed by atoms with van der Waals surface area (Å²) < 4.78 is 10.9. The molecule has 1 aliphatic heterocycles. The van der Waals surface area contributed by atoms with Crippen molar-refractivity contribution in [1.82, 2.24) is 9.80 Å². The standard InChI is InChI=1S/C24H36N2O5/c1-5-30-24(29)20-11-13-26(14-12-20)23(28)17-25(4)22(27)8-6-7-15-31-21-16-18(2)9-10-19(21)3/h9-10,16,20H,5-8,11-15,17H2,1-4H3. The Morgan fingerprint density at radius 3 is 2.52 bits per heavy atom. The molecule has 1 aromatic carbocycles. The van der Waals surface area contributed by atoms with Gasteiger partial charge in [-0.3, -0.25) is 14.4 Å². The molecule has 1 aromatic rings. The van der Waals surface area contributed by atoms with Gasteiger partial charge in [0.25, 0.3) is 0 Å². The Bertz CT molecular complexity index is 756. The molecule has 0 aliphatic carbocycles. The number of hydrogen-bond acceptors (Lipinski definition) is 5. The van der Waals surface area contributed by atoms with E-state index in [9.17, 15) is 14.4 Å². The minimum Gasteiger partial charge on any atom is -0.493 e. The lowest BCUT2D eigenvalue weighted by atomic mass is 9.97. The topological polar surface area (TPSA) is 76.2 Å². The second kappa shape index (κ2) is 12.3. The van der Waals surface area contributed by atoms with E-state index in [0.717, 1.165) is 23.3 Å². The maximum atomic E-state index is 12.5. The smallest absolute Gasteiger partial charge is 0.309 e. The molecule has 1 heterocycles. The molecule has 0 N–H and O–H groups in total. The highest BCUT2D eigenvalue weighted by Crippen LogP contribution is 2.20. The predicted octanol–water partition coefficient (Wildman–Crippen LogP) is 3.11. The summed E-state index contributed by atoms with van der Waals surface area (Å²) in [7, 11) is 1.66. The minimum absolute atomic E-state index is 0.0403. The van der Waals surface area contributed by atoms with Crippen molar-refractivity contribution < 1.29 is 23.9 Å². The van der Waals surface area contributed by atoms with Gasteiger partial charge in [-0.2, -0.15) is 0 Å². The van der Waals surface area contributed by atoms with Crippen molar-refractivity contribution in [1.29, 1.82) is 0 Å². The van der Waals surface area contributed by atoms with Crippen LogP contribution < -0.4 is 4.74 Å². The number of ether oxygens (including phenoxy) is 2. The molecule has 0 unspecified atom stereocenters. The molecule has 2 rings (SSSR count). The summed E-state index contributed by atoms with van der Waals surface area (Å²) in [4.78, 5) is 39.9. The number of aryl methyl sites for hydroxylation is 2. The van der Waals surface area contributed by atoms with Crippen LogP contribution in [-0.2, 0) is 19.1 Å². The van der Waals surface area contributed by atoms with E-state index in [0.29, 0.717) is 52.0 Å². The van der Waals surface area contributed by atoms with Gasteiger partial charge >= 0.3 is 5.97 Å². The molecule has 31 heavy (non-hydrogen) atoms. The second-order valence-electron chi connectivity index (χ2n) is 8.23. The molecule has 0 spiro atoms. The third-order valence-corrected chi connectivity index (χ3v) is 5.65. The van der Waals surface area contributed by atoms with E-state index in [2.05, 4.69) is 6.07 Å². The fourth-order valence-electron chi connectivity index (χ4n) is 3.63. The zero-order valence-electron chi connectivity index (χ0n) is 19.3. The van der Waals surface area contributed by atoms with E-state index in [4.69, 9.17) is 9.47 Å². The van der Waals surface area contributed by atoms with E-state index in [-0.39, 0.29) is 30.2 Å². The lowest BCUT2D eigenvalue weighted by Gasteiger charge is -2.32. The van der Waals surface area contributed by atoms with E-state index in [1.165, 1.54) is 4.90 Å². The highest BCUT2D eigenvalue weighted by molar-refractivity contribution is 5.85. The second-order valence-corrected chi connectivity index (χ2v) is 8.23. The van der Waals surface area contributed by atoms with Gasteiger partial charge in [0, 0.05) is 26.6 Å². The van der Waals surface area contributed by atoms with Gasteiger partial charge in [0.15, 0.2) is 0 Å². The van der Waals surface area contributed by atoms with Crippen molar-refractivity contribution in [2.24, 2.45) is 5.92 Å². The summed E-state index contributed by atoms with van der Waals surface area (Å²) >= 11 is 0. The lowest BCUT2D eigenvalue weighted by Crippen LogP contribution is -2.45. The third kappa shape index (κ3) is 7.89. The van der Waals surface area contributed by atoms with Gasteiger partial charge in [-0.1, -0.05) is 12.1 Å². The zero-order chi connectivity index (χ0) is 22.8. The number of piperidine rings is 1. The van der Waals surface area contributed by atoms with Crippen LogP contribution in [-0.4, -0.2) is 67.5 Å². The molecule has 7 nitrogen and oxygen atoms in total. The van der Waals surface area contributed by atoms with Gasteiger partial charge in [0.05, 0.1) is 25.7 Å². The molecular formula is C24H36N2O5. The van der Waals surface area contributed by atoms with Crippen LogP contribution in [0, 0.1) is 19.8 Å². The SMILES string of the molecule is CCOC(=O)C1CCN(C(=O)CN(C)C(=O)CCCCOc2cc(C)ccc2C)CC1. The fourth-order valence-corrected chi connectivity index (χ4v) is 3.63. The number of benzene rings is 1. The molecule has 0 bridgehead atoms. The molecule has 2 amide bonds. The van der Waals surface area contributed by atoms with Gasteiger partial charge in [-0.15, -0.1) is 0 Å². The molecule has 1 aliphatic rings. The highest BCUT2D eigenvalue weighted by atomic mass is 16.5. The number of nitrogens with zero attached hydrogens (tertiary/aromatic N) is 2. The first-order chi connectivity index (χ1) is 14.8. The van der Waals surface area contributed by atoms with E-state index in [1.807, 2.05) is 26.0 Å². The summed E-state index contributed by atoms with van der Waals surface area (Å²) in [5.41, 5.74) is 2.26. The normalized spacial score (nSPS) is 14.3. The Balaban J connectivity index is 1.64. The quantitative estimate of drug-likeness (QED) is 0.419. The van der Waals surface area contributed by atoms with Crippen molar-refractivity contribution in [3.8, 4) is 5.75 Å². The van der Waals surface area contributed by atoms with Gasteiger partial charge in [0.1, 0.15) is 5.75 Å². The molecule has 0 radical (unpaired) electrons. The maximum Gasteiger partial charge on any atom is 0.309 e. The van der Waals surface area contributed by atoms with Gasteiger partial charge in [-0.25, -0.2) is 0 Å². The maximum absolute atomic E-state index is 12.5. The third-order valence-electron chi connectivity index (χ3n) is 5.65. The number of carbonyl (C=O) groups excluding carboxylic acids is 3. The van der Waals surface area contributed by atoms with Crippen molar-refractivity contribution in [2.75, 3.05) is 39.9 Å². The van der Waals surface area contributed by atoms with Crippen LogP contribution in [0.5, 0.6) is 5.75 Å². The molecular weight excluding hydrogens is 396 g/mol. The van der Waals surface area contributed by atoms with Crippen molar-refractivity contribution in [3.63, 3.8) is 0 Å². The van der Waals surface area contributed by atoms with Crippen molar-refractivity contribution in [3.05, 3.63) is 29.3 Å². The average molecular weight is 433 g/mol. The van der Waals surface area contributed by atoms with Gasteiger partial charge in [-0.05, 0) is 63.6 Å². The number of likely N-dealkylation sites (N-methyl/N-ethyl adjacent to an activating group) is 1. The number of hydrogen-bond donors (Lipinski definition) is 0. The zero-order valence-corrected chi connectivity index (χ0v) is 19.3. The lowest BCUT2D eigenvalue weighted by molar-refractivity contribution is -0.151. The summed E-state index contributed by atoms with van der Waals surface area (Å²) in [6.07, 6.45) is 3.12. The fraction of sp³-hybridized carbons (Fsp3) is 0.625. The molecule has 0 saturated carbocycles. The van der Waals surface area contributed by atoms with E-state index in [1.54, 1.807) is 18.9 Å². The van der Waals surface area contributed by atoms with Gasteiger partial charge in [0.2, 0.25) is 11.8 Å². The van der Waals surface area contributed by atoms with Crippen LogP contribution in [0.3, 0.4) is 0 Å². The summed E-state index contributed by atoms with van der Waals surface area (Å²) in [6.45, 7) is 7.91. The Hall–Kier alpha value is -2.57. The van der Waals surface area contributed by atoms with Crippen LogP contribution in [0.2, 0.25) is 0 Å². The predicted molar refractivity (Wildman–Crippen MR) is 119 cm³/mol. The number of carbonyl (C=O) groups is 3. The largest absolute Gasteiger partial charge is 0.493 e. The summed E-state index contributed by atoms with van der Waals surface area (Å²) in [5.74, 6) is 0.469. The molecule has 1 fully saturated rings. The molecule has 0 atom stereocenters. The van der Waals surface area contributed by atoms with Crippen LogP contribution in [0.15, 0.2) is 18.2 Å². The van der Waals surface area contributed by atoms with Crippen molar-refractivity contribution in [2.45, 2.75) is 52.9 Å².